The van der Waals surface area contributed by atoms with Crippen molar-refractivity contribution in [3.05, 3.63) is 62.4 Å². The van der Waals surface area contributed by atoms with Crippen LogP contribution in [0.5, 0.6) is 0 Å². The second kappa shape index (κ2) is 6.23. The number of aromatic nitrogens is 1. The molecule has 4 nitrogen and oxygen atoms in total. The van der Waals surface area contributed by atoms with Crippen molar-refractivity contribution in [2.75, 3.05) is 0 Å². The van der Waals surface area contributed by atoms with Gasteiger partial charge >= 0.3 is 0 Å². The van der Waals surface area contributed by atoms with Gasteiger partial charge in [0, 0.05) is 34.0 Å². The zero-order valence-corrected chi connectivity index (χ0v) is 11.9. The molecule has 7 heteroatoms. The molecule has 1 aromatic carbocycles. The molecule has 0 saturated carbocycles. The van der Waals surface area contributed by atoms with Crippen LogP contribution in [-0.2, 0) is 5.75 Å². The Labute approximate surface area is 123 Å². The van der Waals surface area contributed by atoms with Crippen molar-refractivity contribution in [3.63, 3.8) is 0 Å². The Kier molecular flexibility index (Phi) is 4.63. The van der Waals surface area contributed by atoms with Gasteiger partial charge in [-0.15, -0.1) is 11.8 Å². The van der Waals surface area contributed by atoms with Crippen molar-refractivity contribution < 1.29 is 4.92 Å². The average molecular weight is 315 g/mol. The average Bonchev–Trinajstić information content (AvgIpc) is 2.38. The van der Waals surface area contributed by atoms with Gasteiger partial charge in [-0.25, -0.2) is 4.98 Å². The highest BCUT2D eigenvalue weighted by Gasteiger charge is 2.06. The van der Waals surface area contributed by atoms with Crippen LogP contribution >= 0.6 is 35.0 Å². The fourth-order valence-corrected chi connectivity index (χ4v) is 2.76. The van der Waals surface area contributed by atoms with Crippen molar-refractivity contribution in [2.24, 2.45) is 0 Å². The van der Waals surface area contributed by atoms with Crippen molar-refractivity contribution >= 4 is 40.7 Å². The van der Waals surface area contributed by atoms with Crippen LogP contribution < -0.4 is 0 Å². The van der Waals surface area contributed by atoms with E-state index in [0.29, 0.717) is 15.9 Å². The fraction of sp³-hybridized carbons (Fsp3) is 0.0833. The van der Waals surface area contributed by atoms with Gasteiger partial charge in [0.05, 0.1) is 4.92 Å². The molecule has 19 heavy (non-hydrogen) atoms. The molecule has 0 bridgehead atoms. The highest BCUT2D eigenvalue weighted by atomic mass is 35.5. The summed E-state index contributed by atoms with van der Waals surface area (Å²) in [7, 11) is 0. The number of nitrogens with zero attached hydrogens (tertiary/aromatic N) is 2. The Morgan fingerprint density at radius 2 is 1.95 bits per heavy atom. The normalized spacial score (nSPS) is 10.4. The number of hydrogen-bond acceptors (Lipinski definition) is 4. The minimum Gasteiger partial charge on any atom is -0.258 e. The third kappa shape index (κ3) is 3.83. The molecule has 0 amide bonds. The molecule has 2 aromatic rings. The molecular weight excluding hydrogens is 307 g/mol. The number of benzene rings is 1. The second-order valence-corrected chi connectivity index (χ2v) is 5.48. The maximum Gasteiger partial charge on any atom is 0.269 e. The van der Waals surface area contributed by atoms with E-state index in [9.17, 15) is 10.1 Å². The Morgan fingerprint density at radius 1 is 1.26 bits per heavy atom. The predicted molar refractivity (Wildman–Crippen MR) is 76.9 cm³/mol. The van der Waals surface area contributed by atoms with E-state index in [1.807, 2.05) is 0 Å². The number of non-ortho nitro benzene ring substituents is 1. The third-order valence-corrected chi connectivity index (χ3v) is 3.96. The van der Waals surface area contributed by atoms with E-state index in [4.69, 9.17) is 23.2 Å². The zero-order chi connectivity index (χ0) is 13.8. The van der Waals surface area contributed by atoms with E-state index in [0.717, 1.165) is 10.5 Å². The maximum absolute atomic E-state index is 10.5. The quantitative estimate of drug-likeness (QED) is 0.358. The van der Waals surface area contributed by atoms with Gasteiger partial charge in [-0.2, -0.15) is 0 Å². The first-order valence-electron chi connectivity index (χ1n) is 5.23. The Morgan fingerprint density at radius 3 is 2.53 bits per heavy atom. The first-order chi connectivity index (χ1) is 9.06. The Bertz CT molecular complexity index is 605. The monoisotopic (exact) mass is 314 g/mol. The number of halogens is 2. The Hall–Kier alpha value is -1.30. The molecule has 0 radical (unpaired) electrons. The van der Waals surface area contributed by atoms with Crippen LogP contribution in [0.1, 0.15) is 5.56 Å². The molecule has 1 aromatic heterocycles. The van der Waals surface area contributed by atoms with Crippen LogP contribution in [0.15, 0.2) is 41.4 Å². The summed E-state index contributed by atoms with van der Waals surface area (Å²) in [4.78, 5) is 15.0. The largest absolute Gasteiger partial charge is 0.269 e. The van der Waals surface area contributed by atoms with Gasteiger partial charge < -0.3 is 0 Å². The first-order valence-corrected chi connectivity index (χ1v) is 6.97. The van der Waals surface area contributed by atoms with Gasteiger partial charge in [0.1, 0.15) is 5.15 Å². The molecule has 2 rings (SSSR count). The van der Waals surface area contributed by atoms with Crippen LogP contribution in [0.25, 0.3) is 0 Å². The Balaban J connectivity index is 2.04. The highest BCUT2D eigenvalue weighted by molar-refractivity contribution is 7.98. The van der Waals surface area contributed by atoms with Crippen molar-refractivity contribution in [1.29, 1.82) is 0 Å². The van der Waals surface area contributed by atoms with E-state index in [1.165, 1.54) is 23.9 Å². The van der Waals surface area contributed by atoms with Gasteiger partial charge in [0.2, 0.25) is 0 Å². The summed E-state index contributed by atoms with van der Waals surface area (Å²) in [6.45, 7) is 0. The predicted octanol–water partition coefficient (Wildman–Crippen LogP) is 4.59. The fourth-order valence-electron chi connectivity index (χ4n) is 1.37. The molecule has 0 spiro atoms. The lowest BCUT2D eigenvalue weighted by Gasteiger charge is -2.04. The molecule has 0 saturated heterocycles. The smallest absolute Gasteiger partial charge is 0.258 e. The number of thioether (sulfide) groups is 1. The molecule has 0 atom stereocenters. The minimum absolute atomic E-state index is 0.0792. The van der Waals surface area contributed by atoms with Crippen molar-refractivity contribution in [3.8, 4) is 0 Å². The lowest BCUT2D eigenvalue weighted by atomic mass is 10.3. The number of rotatable bonds is 4. The van der Waals surface area contributed by atoms with Crippen molar-refractivity contribution in [1.82, 2.24) is 4.98 Å². The lowest BCUT2D eigenvalue weighted by Crippen LogP contribution is -1.88. The van der Waals surface area contributed by atoms with Crippen molar-refractivity contribution in [2.45, 2.75) is 10.6 Å². The van der Waals surface area contributed by atoms with Crippen LogP contribution in [0.3, 0.4) is 0 Å². The summed E-state index contributed by atoms with van der Waals surface area (Å²) in [5.41, 5.74) is 0.949. The summed E-state index contributed by atoms with van der Waals surface area (Å²) in [6.07, 6.45) is 1.63. The number of pyridine rings is 1. The molecule has 0 aliphatic rings. The summed E-state index contributed by atoms with van der Waals surface area (Å²) >= 11 is 13.3. The van der Waals surface area contributed by atoms with Crippen LogP contribution in [-0.4, -0.2) is 9.91 Å². The number of nitro benzene ring substituents is 1. The molecule has 0 aliphatic heterocycles. The van der Waals surface area contributed by atoms with Crippen LogP contribution in [0.4, 0.5) is 5.69 Å². The molecule has 0 N–H and O–H groups in total. The molecule has 0 unspecified atom stereocenters. The summed E-state index contributed by atoms with van der Waals surface area (Å²) < 4.78 is 0. The second-order valence-electron chi connectivity index (χ2n) is 3.64. The van der Waals surface area contributed by atoms with E-state index in [-0.39, 0.29) is 5.69 Å². The summed E-state index contributed by atoms with van der Waals surface area (Å²) in [5.74, 6) is 0.626. The van der Waals surface area contributed by atoms with Gasteiger partial charge in [-0.05, 0) is 23.8 Å². The van der Waals surface area contributed by atoms with E-state index in [2.05, 4.69) is 4.98 Å². The first kappa shape index (κ1) is 14.1. The summed E-state index contributed by atoms with van der Waals surface area (Å²) in [5, 5.41) is 11.4. The van der Waals surface area contributed by atoms with E-state index in [1.54, 1.807) is 24.4 Å². The lowest BCUT2D eigenvalue weighted by molar-refractivity contribution is -0.384. The maximum atomic E-state index is 10.5. The minimum atomic E-state index is -0.422. The van der Waals surface area contributed by atoms with Crippen LogP contribution in [0, 0.1) is 10.1 Å². The molecule has 98 valence electrons. The molecule has 0 aliphatic carbocycles. The molecule has 0 fully saturated rings. The number of hydrogen-bond donors (Lipinski definition) is 0. The van der Waals surface area contributed by atoms with Gasteiger partial charge in [0.15, 0.2) is 0 Å². The standard InChI is InChI=1S/C12H8Cl2N2O2S/c13-11-5-12(14)15-6-8(11)7-19-10-3-1-9(2-4-10)16(17)18/h1-6H,7H2. The highest BCUT2D eigenvalue weighted by Crippen LogP contribution is 2.28. The van der Waals surface area contributed by atoms with Gasteiger partial charge in [-0.1, -0.05) is 23.2 Å². The van der Waals surface area contributed by atoms with Gasteiger partial charge in [0.25, 0.3) is 5.69 Å². The SMILES string of the molecule is O=[N+]([O-])c1ccc(SCc2cnc(Cl)cc2Cl)cc1. The summed E-state index contributed by atoms with van der Waals surface area (Å²) in [6, 6.07) is 7.96. The molecule has 1 heterocycles. The zero-order valence-electron chi connectivity index (χ0n) is 9.55. The van der Waals surface area contributed by atoms with Crippen LogP contribution in [0.2, 0.25) is 10.2 Å². The topological polar surface area (TPSA) is 56.0 Å². The van der Waals surface area contributed by atoms with E-state index >= 15 is 0 Å². The molecular formula is C12H8Cl2N2O2S. The van der Waals surface area contributed by atoms with Gasteiger partial charge in [-0.3, -0.25) is 10.1 Å². The number of nitro groups is 1. The third-order valence-electron chi connectivity index (χ3n) is 2.34. The van der Waals surface area contributed by atoms with E-state index < -0.39 is 4.92 Å².